The third-order valence-electron chi connectivity index (χ3n) is 3.39. The van der Waals surface area contributed by atoms with Gasteiger partial charge in [-0.1, -0.05) is 6.07 Å². The third kappa shape index (κ3) is 3.54. The van der Waals surface area contributed by atoms with Crippen LogP contribution in [0, 0.1) is 5.82 Å². The highest BCUT2D eigenvalue weighted by atomic mass is 19.1. The molecule has 106 valence electrons. The van der Waals surface area contributed by atoms with E-state index in [9.17, 15) is 4.39 Å². The summed E-state index contributed by atoms with van der Waals surface area (Å²) in [7, 11) is 1.89. The summed E-state index contributed by atoms with van der Waals surface area (Å²) >= 11 is 0. The zero-order chi connectivity index (χ0) is 14.5. The van der Waals surface area contributed by atoms with Gasteiger partial charge in [0, 0.05) is 32.0 Å². The normalized spacial score (nSPS) is 12.2. The first-order valence-electron chi connectivity index (χ1n) is 6.73. The molecular weight excluding hydrogens is 253 g/mol. The van der Waals surface area contributed by atoms with Crippen molar-refractivity contribution < 1.29 is 4.39 Å². The molecule has 3 nitrogen and oxygen atoms in total. The largest absolute Gasteiger partial charge is 0.372 e. The second kappa shape index (κ2) is 6.48. The van der Waals surface area contributed by atoms with Crippen molar-refractivity contribution in [2.45, 2.75) is 19.4 Å². The van der Waals surface area contributed by atoms with Crippen molar-refractivity contribution in [3.05, 3.63) is 59.7 Å². The number of likely N-dealkylation sites (N-methyl/N-ethyl adjacent to an activating group) is 1. The van der Waals surface area contributed by atoms with Crippen LogP contribution < -0.4 is 10.6 Å². The summed E-state index contributed by atoms with van der Waals surface area (Å²) in [4.78, 5) is 5.90. The van der Waals surface area contributed by atoms with E-state index in [1.165, 1.54) is 11.6 Å². The standard InChI is InChI=1S/C16H20FN3/c1-12(18)14-3-4-16(15(17)11-14)20(2)10-7-13-5-8-19-9-6-13/h3-6,8-9,11-12H,7,10,18H2,1-2H3/t12-/m0/s1. The summed E-state index contributed by atoms with van der Waals surface area (Å²) in [5.74, 6) is -0.225. The Morgan fingerprint density at radius 2 is 1.95 bits per heavy atom. The predicted octanol–water partition coefficient (Wildman–Crippen LogP) is 2.92. The van der Waals surface area contributed by atoms with Crippen LogP contribution in [-0.4, -0.2) is 18.6 Å². The average Bonchev–Trinajstić information content (AvgIpc) is 2.45. The Bertz CT molecular complexity index is 555. The number of halogens is 1. The van der Waals surface area contributed by atoms with Gasteiger partial charge in [-0.15, -0.1) is 0 Å². The summed E-state index contributed by atoms with van der Waals surface area (Å²) in [6, 6.07) is 8.99. The molecule has 1 heterocycles. The molecule has 0 unspecified atom stereocenters. The number of anilines is 1. The molecule has 0 aliphatic rings. The van der Waals surface area contributed by atoms with Crippen molar-refractivity contribution in [3.63, 3.8) is 0 Å². The molecule has 1 atom stereocenters. The van der Waals surface area contributed by atoms with Crippen LogP contribution in [0.15, 0.2) is 42.7 Å². The highest BCUT2D eigenvalue weighted by Crippen LogP contribution is 2.22. The van der Waals surface area contributed by atoms with Crippen molar-refractivity contribution in [3.8, 4) is 0 Å². The molecule has 1 aromatic heterocycles. The lowest BCUT2D eigenvalue weighted by Gasteiger charge is -2.21. The highest BCUT2D eigenvalue weighted by Gasteiger charge is 2.10. The van der Waals surface area contributed by atoms with Gasteiger partial charge < -0.3 is 10.6 Å². The summed E-state index contributed by atoms with van der Waals surface area (Å²) in [6.07, 6.45) is 4.40. The molecule has 0 saturated heterocycles. The number of hydrogen-bond donors (Lipinski definition) is 1. The van der Waals surface area contributed by atoms with Crippen molar-refractivity contribution in [1.82, 2.24) is 4.98 Å². The molecule has 0 amide bonds. The molecule has 0 fully saturated rings. The van der Waals surface area contributed by atoms with E-state index in [-0.39, 0.29) is 11.9 Å². The van der Waals surface area contributed by atoms with Gasteiger partial charge in [0.15, 0.2) is 0 Å². The Morgan fingerprint density at radius 1 is 1.25 bits per heavy atom. The molecular formula is C16H20FN3. The molecule has 0 bridgehead atoms. The molecule has 0 radical (unpaired) electrons. The van der Waals surface area contributed by atoms with Crippen LogP contribution in [0.5, 0.6) is 0 Å². The Hall–Kier alpha value is -1.94. The molecule has 0 aliphatic heterocycles. The zero-order valence-corrected chi connectivity index (χ0v) is 11.9. The van der Waals surface area contributed by atoms with E-state index in [1.54, 1.807) is 18.5 Å². The first-order chi connectivity index (χ1) is 9.58. The van der Waals surface area contributed by atoms with Gasteiger partial charge in [-0.25, -0.2) is 4.39 Å². The average molecular weight is 273 g/mol. The fourth-order valence-corrected chi connectivity index (χ4v) is 2.08. The van der Waals surface area contributed by atoms with E-state index >= 15 is 0 Å². The number of nitrogens with two attached hydrogens (primary N) is 1. The van der Waals surface area contributed by atoms with Crippen LogP contribution in [0.1, 0.15) is 24.1 Å². The lowest BCUT2D eigenvalue weighted by molar-refractivity contribution is 0.617. The summed E-state index contributed by atoms with van der Waals surface area (Å²) in [6.45, 7) is 2.60. The molecule has 2 N–H and O–H groups in total. The van der Waals surface area contributed by atoms with Crippen LogP contribution in [0.4, 0.5) is 10.1 Å². The van der Waals surface area contributed by atoms with E-state index in [1.807, 2.05) is 37.1 Å². The molecule has 20 heavy (non-hydrogen) atoms. The molecule has 4 heteroatoms. The molecule has 0 saturated carbocycles. The topological polar surface area (TPSA) is 42.1 Å². The summed E-state index contributed by atoms with van der Waals surface area (Å²) < 4.78 is 14.1. The number of hydrogen-bond acceptors (Lipinski definition) is 3. The van der Waals surface area contributed by atoms with Gasteiger partial charge in [-0.05, 0) is 48.7 Å². The minimum Gasteiger partial charge on any atom is -0.372 e. The van der Waals surface area contributed by atoms with Gasteiger partial charge in [0.25, 0.3) is 0 Å². The van der Waals surface area contributed by atoms with Crippen LogP contribution >= 0.6 is 0 Å². The van der Waals surface area contributed by atoms with Gasteiger partial charge in [0.05, 0.1) is 5.69 Å². The first kappa shape index (κ1) is 14.5. The Balaban J connectivity index is 2.04. The minimum atomic E-state index is -0.225. The molecule has 0 aliphatic carbocycles. The van der Waals surface area contributed by atoms with E-state index in [0.29, 0.717) is 5.69 Å². The molecule has 0 spiro atoms. The van der Waals surface area contributed by atoms with E-state index in [0.717, 1.165) is 18.5 Å². The maximum atomic E-state index is 14.1. The zero-order valence-electron chi connectivity index (χ0n) is 11.9. The second-order valence-electron chi connectivity index (χ2n) is 5.03. The monoisotopic (exact) mass is 273 g/mol. The van der Waals surface area contributed by atoms with Crippen molar-refractivity contribution in [2.75, 3.05) is 18.5 Å². The van der Waals surface area contributed by atoms with E-state index < -0.39 is 0 Å². The van der Waals surface area contributed by atoms with Gasteiger partial charge in [-0.3, -0.25) is 4.98 Å². The van der Waals surface area contributed by atoms with Gasteiger partial charge in [-0.2, -0.15) is 0 Å². The van der Waals surface area contributed by atoms with Crippen LogP contribution in [0.2, 0.25) is 0 Å². The molecule has 2 rings (SSSR count). The number of benzene rings is 1. The third-order valence-corrected chi connectivity index (χ3v) is 3.39. The van der Waals surface area contributed by atoms with Gasteiger partial charge >= 0.3 is 0 Å². The van der Waals surface area contributed by atoms with Crippen molar-refractivity contribution >= 4 is 5.69 Å². The quantitative estimate of drug-likeness (QED) is 0.910. The second-order valence-corrected chi connectivity index (χ2v) is 5.03. The summed E-state index contributed by atoms with van der Waals surface area (Å²) in [5.41, 5.74) is 8.37. The minimum absolute atomic E-state index is 0.152. The number of aromatic nitrogens is 1. The van der Waals surface area contributed by atoms with Crippen LogP contribution in [0.3, 0.4) is 0 Å². The molecule has 2 aromatic rings. The van der Waals surface area contributed by atoms with Gasteiger partial charge in [0.2, 0.25) is 0 Å². The lowest BCUT2D eigenvalue weighted by Crippen LogP contribution is -2.21. The maximum Gasteiger partial charge on any atom is 0.146 e. The summed E-state index contributed by atoms with van der Waals surface area (Å²) in [5, 5.41) is 0. The van der Waals surface area contributed by atoms with Gasteiger partial charge in [0.1, 0.15) is 5.82 Å². The van der Waals surface area contributed by atoms with Crippen molar-refractivity contribution in [2.24, 2.45) is 5.73 Å². The maximum absolute atomic E-state index is 14.1. The lowest BCUT2D eigenvalue weighted by atomic mass is 10.1. The smallest absolute Gasteiger partial charge is 0.146 e. The predicted molar refractivity (Wildman–Crippen MR) is 80.2 cm³/mol. The fraction of sp³-hybridized carbons (Fsp3) is 0.312. The number of rotatable bonds is 5. The van der Waals surface area contributed by atoms with Crippen LogP contribution in [-0.2, 0) is 6.42 Å². The molecule has 1 aromatic carbocycles. The number of pyridine rings is 1. The van der Waals surface area contributed by atoms with E-state index in [2.05, 4.69) is 4.98 Å². The van der Waals surface area contributed by atoms with Crippen LogP contribution in [0.25, 0.3) is 0 Å². The Morgan fingerprint density at radius 3 is 2.55 bits per heavy atom. The van der Waals surface area contributed by atoms with Crippen molar-refractivity contribution in [1.29, 1.82) is 0 Å². The Labute approximate surface area is 119 Å². The highest BCUT2D eigenvalue weighted by molar-refractivity contribution is 5.49. The fourth-order valence-electron chi connectivity index (χ4n) is 2.08. The first-order valence-corrected chi connectivity index (χ1v) is 6.73. The number of nitrogens with zero attached hydrogens (tertiary/aromatic N) is 2. The van der Waals surface area contributed by atoms with E-state index in [4.69, 9.17) is 5.73 Å². The SMILES string of the molecule is C[C@H](N)c1ccc(N(C)CCc2ccncc2)c(F)c1. The Kier molecular flexibility index (Phi) is 4.69.